The molecule has 1 saturated heterocycles. The molecule has 1 aliphatic rings. The van der Waals surface area contributed by atoms with Crippen molar-refractivity contribution in [3.63, 3.8) is 0 Å². The van der Waals surface area contributed by atoms with Gasteiger partial charge in [0.2, 0.25) is 5.95 Å². The Bertz CT molecular complexity index is 789. The Morgan fingerprint density at radius 1 is 1.28 bits per heavy atom. The van der Waals surface area contributed by atoms with Gasteiger partial charge in [0, 0.05) is 50.1 Å². The van der Waals surface area contributed by atoms with Crippen LogP contribution in [0.1, 0.15) is 0 Å². The van der Waals surface area contributed by atoms with Gasteiger partial charge in [-0.05, 0) is 13.1 Å². The van der Waals surface area contributed by atoms with Crippen molar-refractivity contribution in [2.75, 3.05) is 51.0 Å². The van der Waals surface area contributed by atoms with Crippen molar-refractivity contribution in [3.05, 3.63) is 34.5 Å². The Morgan fingerprint density at radius 3 is 2.60 bits per heavy atom. The van der Waals surface area contributed by atoms with E-state index < -0.39 is 0 Å². The van der Waals surface area contributed by atoms with Crippen LogP contribution in [-0.2, 0) is 0 Å². The largest absolute Gasteiger partial charge is 0.496 e. The molecule has 25 heavy (non-hydrogen) atoms. The van der Waals surface area contributed by atoms with Crippen LogP contribution >= 0.6 is 0 Å². The number of rotatable bonds is 4. The average Bonchev–Trinajstić information content (AvgIpc) is 2.61. The summed E-state index contributed by atoms with van der Waals surface area (Å²) in [7, 11) is 3.57. The first-order chi connectivity index (χ1) is 12.0. The van der Waals surface area contributed by atoms with E-state index in [-0.39, 0.29) is 16.6 Å². The van der Waals surface area contributed by atoms with Crippen LogP contribution in [0, 0.1) is 10.1 Å². The standard InChI is InChI=1S/C16H20N6O3/c1-20-5-7-21(8-6-20)13-10-15(25-2)11(9-14(13)22(23)24)12-3-4-18-16(17)19-12/h3-4,9-10H,5-8H2,1-2H3,(H2,17,18,19). The van der Waals surface area contributed by atoms with Gasteiger partial charge in [-0.25, -0.2) is 9.97 Å². The molecule has 0 radical (unpaired) electrons. The molecule has 2 heterocycles. The van der Waals surface area contributed by atoms with E-state index in [1.807, 2.05) is 11.9 Å². The Labute approximate surface area is 145 Å². The van der Waals surface area contributed by atoms with E-state index in [0.29, 0.717) is 22.7 Å². The van der Waals surface area contributed by atoms with Gasteiger partial charge in [-0.3, -0.25) is 10.1 Å². The number of likely N-dealkylation sites (N-methyl/N-ethyl adjacent to an activating group) is 1. The summed E-state index contributed by atoms with van der Waals surface area (Å²) in [5.41, 5.74) is 7.22. The zero-order valence-corrected chi connectivity index (χ0v) is 14.2. The summed E-state index contributed by atoms with van der Waals surface area (Å²) in [5, 5.41) is 11.6. The van der Waals surface area contributed by atoms with Crippen LogP contribution < -0.4 is 15.4 Å². The Balaban J connectivity index is 2.10. The van der Waals surface area contributed by atoms with Crippen LogP contribution in [0.25, 0.3) is 11.3 Å². The normalized spacial score (nSPS) is 15.2. The number of aromatic nitrogens is 2. The summed E-state index contributed by atoms with van der Waals surface area (Å²) >= 11 is 0. The fraction of sp³-hybridized carbons (Fsp3) is 0.375. The van der Waals surface area contributed by atoms with Crippen LogP contribution in [0.2, 0.25) is 0 Å². The molecule has 2 aromatic rings. The first-order valence-corrected chi connectivity index (χ1v) is 7.88. The molecule has 1 aliphatic heterocycles. The molecular formula is C16H20N6O3. The zero-order valence-electron chi connectivity index (χ0n) is 14.2. The minimum absolute atomic E-state index is 0.0255. The second-order valence-electron chi connectivity index (χ2n) is 5.89. The van der Waals surface area contributed by atoms with Crippen molar-refractivity contribution in [2.45, 2.75) is 0 Å². The zero-order chi connectivity index (χ0) is 18.0. The molecule has 9 heteroatoms. The van der Waals surface area contributed by atoms with Gasteiger partial charge in [0.15, 0.2) is 0 Å². The predicted octanol–water partition coefficient (Wildman–Crippen LogP) is 1.39. The fourth-order valence-corrected chi connectivity index (χ4v) is 2.90. The molecule has 0 unspecified atom stereocenters. The summed E-state index contributed by atoms with van der Waals surface area (Å²) in [5.74, 6) is 0.614. The highest BCUT2D eigenvalue weighted by molar-refractivity contribution is 5.78. The van der Waals surface area contributed by atoms with Gasteiger partial charge >= 0.3 is 0 Å². The number of nitrogens with zero attached hydrogens (tertiary/aromatic N) is 5. The summed E-state index contributed by atoms with van der Waals surface area (Å²) in [6, 6.07) is 4.85. The minimum atomic E-state index is -0.374. The number of ether oxygens (including phenoxy) is 1. The molecule has 9 nitrogen and oxygen atoms in total. The molecule has 0 spiro atoms. The molecule has 3 rings (SSSR count). The third-order valence-corrected chi connectivity index (χ3v) is 4.29. The number of hydrogen-bond acceptors (Lipinski definition) is 8. The van der Waals surface area contributed by atoms with Crippen LogP contribution in [0.4, 0.5) is 17.3 Å². The molecule has 2 N–H and O–H groups in total. The number of nitrogens with two attached hydrogens (primary N) is 1. The molecule has 0 saturated carbocycles. The highest BCUT2D eigenvalue weighted by Crippen LogP contribution is 2.40. The highest BCUT2D eigenvalue weighted by Gasteiger charge is 2.26. The molecular weight excluding hydrogens is 324 g/mol. The van der Waals surface area contributed by atoms with Crippen molar-refractivity contribution in [3.8, 4) is 17.0 Å². The summed E-state index contributed by atoms with van der Waals surface area (Å²) < 4.78 is 5.47. The molecule has 0 bridgehead atoms. The maximum absolute atomic E-state index is 11.6. The van der Waals surface area contributed by atoms with Crippen molar-refractivity contribution in [1.29, 1.82) is 0 Å². The molecule has 0 atom stereocenters. The van der Waals surface area contributed by atoms with Crippen molar-refractivity contribution < 1.29 is 9.66 Å². The fourth-order valence-electron chi connectivity index (χ4n) is 2.90. The number of piperazine rings is 1. The third-order valence-electron chi connectivity index (χ3n) is 4.29. The topological polar surface area (TPSA) is 111 Å². The van der Waals surface area contributed by atoms with Crippen molar-refractivity contribution in [1.82, 2.24) is 14.9 Å². The lowest BCUT2D eigenvalue weighted by Crippen LogP contribution is -2.44. The maximum Gasteiger partial charge on any atom is 0.293 e. The molecule has 1 fully saturated rings. The number of nitro groups is 1. The van der Waals surface area contributed by atoms with Gasteiger partial charge in [0.1, 0.15) is 11.4 Å². The number of anilines is 2. The molecule has 0 aliphatic carbocycles. The average molecular weight is 344 g/mol. The summed E-state index contributed by atoms with van der Waals surface area (Å²) in [6.07, 6.45) is 1.51. The van der Waals surface area contributed by atoms with E-state index in [9.17, 15) is 10.1 Å². The van der Waals surface area contributed by atoms with Crippen LogP contribution in [-0.4, -0.2) is 60.1 Å². The van der Waals surface area contributed by atoms with E-state index in [1.54, 1.807) is 12.1 Å². The van der Waals surface area contributed by atoms with E-state index in [2.05, 4.69) is 14.9 Å². The van der Waals surface area contributed by atoms with Crippen LogP contribution in [0.15, 0.2) is 24.4 Å². The highest BCUT2D eigenvalue weighted by atomic mass is 16.6. The summed E-state index contributed by atoms with van der Waals surface area (Å²) in [6.45, 7) is 3.15. The minimum Gasteiger partial charge on any atom is -0.496 e. The quantitative estimate of drug-likeness (QED) is 0.654. The van der Waals surface area contributed by atoms with Gasteiger partial charge in [-0.1, -0.05) is 0 Å². The van der Waals surface area contributed by atoms with E-state index in [0.717, 1.165) is 26.2 Å². The number of nitro benzene ring substituents is 1. The predicted molar refractivity (Wildman–Crippen MR) is 94.8 cm³/mol. The van der Waals surface area contributed by atoms with Crippen LogP contribution in [0.5, 0.6) is 5.75 Å². The smallest absolute Gasteiger partial charge is 0.293 e. The first-order valence-electron chi connectivity index (χ1n) is 7.88. The molecule has 0 amide bonds. The maximum atomic E-state index is 11.6. The van der Waals surface area contributed by atoms with E-state index >= 15 is 0 Å². The Kier molecular flexibility index (Phi) is 4.66. The lowest BCUT2D eigenvalue weighted by atomic mass is 10.1. The van der Waals surface area contributed by atoms with Crippen molar-refractivity contribution in [2.24, 2.45) is 0 Å². The van der Waals surface area contributed by atoms with E-state index in [1.165, 1.54) is 19.4 Å². The third kappa shape index (κ3) is 3.45. The second kappa shape index (κ2) is 6.89. The summed E-state index contributed by atoms with van der Waals surface area (Å²) in [4.78, 5) is 23.5. The van der Waals surface area contributed by atoms with Gasteiger partial charge in [-0.15, -0.1) is 0 Å². The Morgan fingerprint density at radius 2 is 2.00 bits per heavy atom. The number of benzene rings is 1. The molecule has 1 aromatic heterocycles. The van der Waals surface area contributed by atoms with E-state index in [4.69, 9.17) is 10.5 Å². The van der Waals surface area contributed by atoms with Crippen LogP contribution in [0.3, 0.4) is 0 Å². The Hall–Kier alpha value is -2.94. The van der Waals surface area contributed by atoms with Crippen molar-refractivity contribution >= 4 is 17.3 Å². The second-order valence-corrected chi connectivity index (χ2v) is 5.89. The van der Waals surface area contributed by atoms with Gasteiger partial charge in [-0.2, -0.15) is 0 Å². The lowest BCUT2D eigenvalue weighted by molar-refractivity contribution is -0.384. The number of nitrogen functional groups attached to an aromatic ring is 1. The number of methoxy groups -OCH3 is 1. The SMILES string of the molecule is COc1cc(N2CCN(C)CC2)c([N+](=O)[O-])cc1-c1ccnc(N)n1. The molecule has 1 aromatic carbocycles. The van der Waals surface area contributed by atoms with Gasteiger partial charge in [0.05, 0.1) is 17.7 Å². The molecule has 132 valence electrons. The van der Waals surface area contributed by atoms with Gasteiger partial charge < -0.3 is 20.3 Å². The lowest BCUT2D eigenvalue weighted by Gasteiger charge is -2.33. The van der Waals surface area contributed by atoms with Gasteiger partial charge in [0.25, 0.3) is 5.69 Å². The number of hydrogen-bond donors (Lipinski definition) is 1. The monoisotopic (exact) mass is 344 g/mol. The first kappa shape index (κ1) is 16.9.